The molecule has 0 aliphatic heterocycles. The number of carbonyl (C=O) groups is 1. The van der Waals surface area contributed by atoms with Gasteiger partial charge < -0.3 is 10.1 Å². The average molecular weight is 247 g/mol. The van der Waals surface area contributed by atoms with Gasteiger partial charge in [-0.15, -0.1) is 0 Å². The fourth-order valence-corrected chi connectivity index (χ4v) is 1.68. The van der Waals surface area contributed by atoms with E-state index in [2.05, 4.69) is 26.1 Å². The van der Waals surface area contributed by atoms with Gasteiger partial charge in [-0.1, -0.05) is 39.0 Å². The Labute approximate surface area is 109 Å². The molecule has 0 unspecified atom stereocenters. The largest absolute Gasteiger partial charge is 0.495 e. The van der Waals surface area contributed by atoms with Crippen molar-refractivity contribution in [2.24, 2.45) is 5.41 Å². The zero-order valence-corrected chi connectivity index (χ0v) is 11.7. The quantitative estimate of drug-likeness (QED) is 0.828. The van der Waals surface area contributed by atoms with Crippen molar-refractivity contribution in [3.8, 4) is 5.75 Å². The Morgan fingerprint density at radius 1 is 1.28 bits per heavy atom. The Balaban J connectivity index is 2.85. The molecular formula is C15H21NO2. The van der Waals surface area contributed by atoms with Gasteiger partial charge in [0.15, 0.2) is 0 Å². The summed E-state index contributed by atoms with van der Waals surface area (Å²) in [6.07, 6.45) is 1.96. The summed E-state index contributed by atoms with van der Waals surface area (Å²) < 4.78 is 5.19. The average Bonchev–Trinajstić information content (AvgIpc) is 2.27. The van der Waals surface area contributed by atoms with Gasteiger partial charge in [0.1, 0.15) is 5.75 Å². The van der Waals surface area contributed by atoms with Crippen LogP contribution >= 0.6 is 0 Å². The second-order valence-electron chi connectivity index (χ2n) is 5.35. The van der Waals surface area contributed by atoms with Gasteiger partial charge in [0.2, 0.25) is 0 Å². The number of hydrogen-bond donors (Lipinski definition) is 1. The molecule has 98 valence electrons. The summed E-state index contributed by atoms with van der Waals surface area (Å²) in [5, 5.41) is 2.85. The third-order valence-electron chi connectivity index (χ3n) is 2.36. The van der Waals surface area contributed by atoms with Crippen molar-refractivity contribution in [1.82, 2.24) is 0 Å². The van der Waals surface area contributed by atoms with Crippen LogP contribution in [0.5, 0.6) is 5.75 Å². The van der Waals surface area contributed by atoms with Crippen molar-refractivity contribution >= 4 is 11.6 Å². The highest BCUT2D eigenvalue weighted by atomic mass is 16.5. The lowest BCUT2D eigenvalue weighted by atomic mass is 9.94. The van der Waals surface area contributed by atoms with E-state index in [1.165, 1.54) is 0 Å². The van der Waals surface area contributed by atoms with Crippen LogP contribution in [0.1, 0.15) is 27.7 Å². The number of ether oxygens (including phenoxy) is 1. The van der Waals surface area contributed by atoms with E-state index in [9.17, 15) is 4.79 Å². The van der Waals surface area contributed by atoms with Crippen LogP contribution in [0.25, 0.3) is 0 Å². The Bertz CT molecular complexity index is 456. The van der Waals surface area contributed by atoms with Crippen LogP contribution in [-0.2, 0) is 4.79 Å². The third kappa shape index (κ3) is 4.24. The number of hydrogen-bond acceptors (Lipinski definition) is 2. The van der Waals surface area contributed by atoms with Gasteiger partial charge in [0.25, 0.3) is 5.91 Å². The molecule has 0 radical (unpaired) electrons. The monoisotopic (exact) mass is 247 g/mol. The summed E-state index contributed by atoms with van der Waals surface area (Å²) in [6.45, 7) is 8.00. The lowest BCUT2D eigenvalue weighted by molar-refractivity contribution is -0.112. The zero-order chi connectivity index (χ0) is 13.8. The maximum absolute atomic E-state index is 12.0. The molecule has 0 saturated carbocycles. The number of carbonyl (C=O) groups excluding carboxylic acids is 1. The number of benzene rings is 1. The van der Waals surface area contributed by atoms with Crippen molar-refractivity contribution in [2.75, 3.05) is 12.4 Å². The van der Waals surface area contributed by atoms with Crippen molar-refractivity contribution in [3.05, 3.63) is 35.9 Å². The molecule has 1 amide bonds. The first-order valence-electron chi connectivity index (χ1n) is 5.97. The van der Waals surface area contributed by atoms with E-state index >= 15 is 0 Å². The maximum atomic E-state index is 12.0. The highest BCUT2D eigenvalue weighted by molar-refractivity contribution is 6.04. The van der Waals surface area contributed by atoms with E-state index in [1.54, 1.807) is 7.11 Å². The molecule has 3 nitrogen and oxygen atoms in total. The molecule has 0 bridgehead atoms. The fourth-order valence-electron chi connectivity index (χ4n) is 1.68. The van der Waals surface area contributed by atoms with Crippen LogP contribution in [0.2, 0.25) is 0 Å². The molecule has 0 fully saturated rings. The normalized spacial score (nSPS) is 12.2. The predicted molar refractivity (Wildman–Crippen MR) is 74.8 cm³/mol. The first-order valence-corrected chi connectivity index (χ1v) is 5.97. The maximum Gasteiger partial charge on any atom is 0.251 e. The number of methoxy groups -OCH3 is 1. The molecule has 0 aliphatic rings. The SMILES string of the molecule is COc1ccccc1NC(=O)/C(C)=C\C(C)(C)C. The van der Waals surface area contributed by atoms with Crippen LogP contribution in [0.4, 0.5) is 5.69 Å². The van der Waals surface area contributed by atoms with Crippen LogP contribution < -0.4 is 10.1 Å². The number of rotatable bonds is 3. The minimum Gasteiger partial charge on any atom is -0.495 e. The van der Waals surface area contributed by atoms with Gasteiger partial charge in [-0.25, -0.2) is 0 Å². The fraction of sp³-hybridized carbons (Fsp3) is 0.400. The molecule has 0 heterocycles. The summed E-state index contributed by atoms with van der Waals surface area (Å²) in [5.41, 5.74) is 1.38. The number of allylic oxidation sites excluding steroid dienone is 1. The third-order valence-corrected chi connectivity index (χ3v) is 2.36. The molecule has 0 spiro atoms. The Morgan fingerprint density at radius 2 is 1.89 bits per heavy atom. The molecule has 0 aliphatic carbocycles. The van der Waals surface area contributed by atoms with Gasteiger partial charge in [0.05, 0.1) is 12.8 Å². The van der Waals surface area contributed by atoms with E-state index in [0.717, 1.165) is 0 Å². The van der Waals surface area contributed by atoms with Gasteiger partial charge in [-0.3, -0.25) is 4.79 Å². The van der Waals surface area contributed by atoms with Gasteiger partial charge in [-0.2, -0.15) is 0 Å². The van der Waals surface area contributed by atoms with Gasteiger partial charge in [-0.05, 0) is 24.5 Å². The molecule has 1 rings (SSSR count). The molecule has 0 aromatic heterocycles. The minimum absolute atomic E-state index is 0.0117. The smallest absolute Gasteiger partial charge is 0.251 e. The van der Waals surface area contributed by atoms with Crippen LogP contribution in [0.3, 0.4) is 0 Å². The van der Waals surface area contributed by atoms with E-state index in [-0.39, 0.29) is 11.3 Å². The van der Waals surface area contributed by atoms with E-state index < -0.39 is 0 Å². The molecular weight excluding hydrogens is 226 g/mol. The van der Waals surface area contributed by atoms with E-state index in [0.29, 0.717) is 17.0 Å². The summed E-state index contributed by atoms with van der Waals surface area (Å²) in [4.78, 5) is 12.0. The molecule has 3 heteroatoms. The van der Waals surface area contributed by atoms with E-state index in [1.807, 2.05) is 37.3 Å². The second-order valence-corrected chi connectivity index (χ2v) is 5.35. The van der Waals surface area contributed by atoms with Crippen LogP contribution in [-0.4, -0.2) is 13.0 Å². The summed E-state index contributed by atoms with van der Waals surface area (Å²) >= 11 is 0. The van der Waals surface area contributed by atoms with E-state index in [4.69, 9.17) is 4.74 Å². The molecule has 1 N–H and O–H groups in total. The number of para-hydroxylation sites is 2. The minimum atomic E-state index is -0.102. The van der Waals surface area contributed by atoms with Crippen LogP contribution in [0, 0.1) is 5.41 Å². The van der Waals surface area contributed by atoms with Crippen molar-refractivity contribution < 1.29 is 9.53 Å². The van der Waals surface area contributed by atoms with Crippen LogP contribution in [0.15, 0.2) is 35.9 Å². The zero-order valence-electron chi connectivity index (χ0n) is 11.7. The first-order chi connectivity index (χ1) is 8.33. The van der Waals surface area contributed by atoms with Crippen molar-refractivity contribution in [1.29, 1.82) is 0 Å². The standard InChI is InChI=1S/C15H21NO2/c1-11(10-15(2,3)4)14(17)16-12-8-6-7-9-13(12)18-5/h6-10H,1-5H3,(H,16,17)/b11-10-. The second kappa shape index (κ2) is 5.71. The summed E-state index contributed by atoms with van der Waals surface area (Å²) in [5.74, 6) is 0.559. The molecule has 1 aromatic carbocycles. The first kappa shape index (κ1) is 14.3. The number of anilines is 1. The Hall–Kier alpha value is -1.77. The molecule has 1 aromatic rings. The lowest BCUT2D eigenvalue weighted by Crippen LogP contribution is -2.15. The lowest BCUT2D eigenvalue weighted by Gasteiger charge is -2.15. The summed E-state index contributed by atoms with van der Waals surface area (Å²) in [7, 11) is 1.59. The molecule has 18 heavy (non-hydrogen) atoms. The predicted octanol–water partition coefficient (Wildman–Crippen LogP) is 3.63. The van der Waals surface area contributed by atoms with Gasteiger partial charge >= 0.3 is 0 Å². The molecule has 0 saturated heterocycles. The number of nitrogens with one attached hydrogen (secondary N) is 1. The molecule has 0 atom stereocenters. The number of amides is 1. The van der Waals surface area contributed by atoms with Gasteiger partial charge in [0, 0.05) is 5.57 Å². The highest BCUT2D eigenvalue weighted by Gasteiger charge is 2.12. The highest BCUT2D eigenvalue weighted by Crippen LogP contribution is 2.24. The van der Waals surface area contributed by atoms with Crippen molar-refractivity contribution in [3.63, 3.8) is 0 Å². The Morgan fingerprint density at radius 3 is 2.44 bits per heavy atom. The van der Waals surface area contributed by atoms with Crippen molar-refractivity contribution in [2.45, 2.75) is 27.7 Å². The topological polar surface area (TPSA) is 38.3 Å². The Kier molecular flexibility index (Phi) is 4.54. The summed E-state index contributed by atoms with van der Waals surface area (Å²) in [6, 6.07) is 7.37.